The van der Waals surface area contributed by atoms with Gasteiger partial charge in [-0.3, -0.25) is 9.59 Å². The van der Waals surface area contributed by atoms with E-state index in [1.165, 1.54) is 24.3 Å². The molecule has 4 atom stereocenters. The largest absolute Gasteiger partial charge is 0.511 e. The molecule has 0 aromatic heterocycles. The van der Waals surface area contributed by atoms with E-state index in [4.69, 9.17) is 0 Å². The highest BCUT2D eigenvalue weighted by Crippen LogP contribution is 2.29. The van der Waals surface area contributed by atoms with Crippen LogP contribution in [0.2, 0.25) is 0 Å². The van der Waals surface area contributed by atoms with E-state index in [2.05, 4.69) is 5.32 Å². The number of ketones is 1. The van der Waals surface area contributed by atoms with Crippen LogP contribution in [-0.2, 0) is 9.59 Å². The van der Waals surface area contributed by atoms with Gasteiger partial charge in [0.25, 0.3) is 5.91 Å². The van der Waals surface area contributed by atoms with E-state index in [9.17, 15) is 24.9 Å². The molecule has 1 amide bonds. The molecule has 25 heavy (non-hydrogen) atoms. The zero-order valence-electron chi connectivity index (χ0n) is 14.7. The predicted molar refractivity (Wildman–Crippen MR) is 92.9 cm³/mol. The molecular formula is C19H25NO5. The number of Topliss-reactive ketones (excluding diaryl/α,β-unsaturated/α-hetero) is 1. The Morgan fingerprint density at radius 2 is 1.80 bits per heavy atom. The van der Waals surface area contributed by atoms with Crippen LogP contribution in [0.15, 0.2) is 35.6 Å². The topological polar surface area (TPSA) is 107 Å². The summed E-state index contributed by atoms with van der Waals surface area (Å²) in [5, 5.41) is 32.6. The Kier molecular flexibility index (Phi) is 5.85. The monoisotopic (exact) mass is 347 g/mol. The number of phenolic OH excluding ortho intramolecular Hbond substituents is 1. The number of amides is 1. The van der Waals surface area contributed by atoms with Gasteiger partial charge in [-0.1, -0.05) is 39.3 Å². The van der Waals surface area contributed by atoms with Crippen LogP contribution in [0.4, 0.5) is 0 Å². The van der Waals surface area contributed by atoms with Crippen molar-refractivity contribution in [2.45, 2.75) is 45.8 Å². The molecule has 0 bridgehead atoms. The van der Waals surface area contributed by atoms with Crippen molar-refractivity contribution in [3.8, 4) is 5.75 Å². The van der Waals surface area contributed by atoms with Crippen LogP contribution >= 0.6 is 0 Å². The molecule has 6 heteroatoms. The molecule has 4 unspecified atom stereocenters. The number of rotatable bonds is 6. The summed E-state index contributed by atoms with van der Waals surface area (Å²) >= 11 is 0. The lowest BCUT2D eigenvalue weighted by molar-refractivity contribution is -0.118. The molecule has 1 aliphatic heterocycles. The minimum absolute atomic E-state index is 0.0369. The van der Waals surface area contributed by atoms with E-state index >= 15 is 0 Å². The van der Waals surface area contributed by atoms with Gasteiger partial charge < -0.3 is 20.6 Å². The first-order chi connectivity index (χ1) is 11.8. The van der Waals surface area contributed by atoms with E-state index in [1.54, 1.807) is 6.92 Å². The van der Waals surface area contributed by atoms with Gasteiger partial charge in [-0.15, -0.1) is 0 Å². The van der Waals surface area contributed by atoms with Gasteiger partial charge in [-0.05, 0) is 30.0 Å². The molecule has 1 aliphatic rings. The lowest BCUT2D eigenvalue weighted by Gasteiger charge is -2.17. The number of nitrogens with one attached hydrogen (secondary N) is 1. The van der Waals surface area contributed by atoms with Gasteiger partial charge >= 0.3 is 0 Å². The number of allylic oxidation sites excluding steroid dienone is 1. The van der Waals surface area contributed by atoms with Crippen LogP contribution in [0.5, 0.6) is 5.75 Å². The first-order valence-corrected chi connectivity index (χ1v) is 8.51. The molecule has 136 valence electrons. The molecule has 0 radical (unpaired) electrons. The first-order valence-electron chi connectivity index (χ1n) is 8.51. The number of benzene rings is 1. The highest BCUT2D eigenvalue weighted by atomic mass is 16.3. The summed E-state index contributed by atoms with van der Waals surface area (Å²) in [7, 11) is 0. The number of aromatic hydroxyl groups is 1. The van der Waals surface area contributed by atoms with Gasteiger partial charge in [-0.2, -0.15) is 0 Å². The molecule has 1 saturated heterocycles. The maximum absolute atomic E-state index is 12.6. The highest BCUT2D eigenvalue weighted by molar-refractivity contribution is 6.27. The third-order valence-electron chi connectivity index (χ3n) is 4.77. The predicted octanol–water partition coefficient (Wildman–Crippen LogP) is 2.38. The van der Waals surface area contributed by atoms with Crippen molar-refractivity contribution < 1.29 is 24.9 Å². The number of hydrogen-bond donors (Lipinski definition) is 4. The Hall–Kier alpha value is -2.34. The maximum atomic E-state index is 12.6. The molecule has 1 aromatic carbocycles. The summed E-state index contributed by atoms with van der Waals surface area (Å²) < 4.78 is 0. The Labute approximate surface area is 147 Å². The number of aliphatic hydroxyl groups excluding tert-OH is 2. The summed E-state index contributed by atoms with van der Waals surface area (Å²) in [5.41, 5.74) is 0.128. The third kappa shape index (κ3) is 4.02. The minimum Gasteiger partial charge on any atom is -0.511 e. The quantitative estimate of drug-likeness (QED) is 0.359. The third-order valence-corrected chi connectivity index (χ3v) is 4.77. The van der Waals surface area contributed by atoms with Crippen molar-refractivity contribution >= 4 is 11.7 Å². The number of carbonyl (C=O) groups excluding carboxylic acids is 2. The molecule has 6 nitrogen and oxygen atoms in total. The van der Waals surface area contributed by atoms with Gasteiger partial charge in [-0.25, -0.2) is 0 Å². The fourth-order valence-corrected chi connectivity index (χ4v) is 3.00. The van der Waals surface area contributed by atoms with Crippen LogP contribution < -0.4 is 5.32 Å². The van der Waals surface area contributed by atoms with E-state index in [0.29, 0.717) is 17.9 Å². The van der Waals surface area contributed by atoms with E-state index in [1.807, 2.05) is 13.8 Å². The van der Waals surface area contributed by atoms with Crippen molar-refractivity contribution in [2.75, 3.05) is 0 Å². The lowest BCUT2D eigenvalue weighted by atomic mass is 9.90. The zero-order valence-corrected chi connectivity index (χ0v) is 14.7. The molecule has 4 N–H and O–H groups in total. The molecule has 2 rings (SSSR count). The fraction of sp³-hybridized carbons (Fsp3) is 0.474. The second-order valence-corrected chi connectivity index (χ2v) is 6.76. The molecule has 1 aromatic rings. The summed E-state index contributed by atoms with van der Waals surface area (Å²) in [6.45, 7) is 5.86. The molecular weight excluding hydrogens is 322 g/mol. The van der Waals surface area contributed by atoms with E-state index in [-0.39, 0.29) is 23.0 Å². The smallest absolute Gasteiger partial charge is 0.259 e. The lowest BCUT2D eigenvalue weighted by Crippen LogP contribution is -2.35. The average molecular weight is 347 g/mol. The number of carbonyl (C=O) groups is 2. The number of aliphatic hydroxyl groups is 2. The number of phenols is 1. The summed E-state index contributed by atoms with van der Waals surface area (Å²) in [6, 6.07) is 4.59. The Bertz CT molecular complexity index is 680. The van der Waals surface area contributed by atoms with Crippen LogP contribution in [0, 0.1) is 11.8 Å². The van der Waals surface area contributed by atoms with Crippen molar-refractivity contribution in [1.82, 2.24) is 5.32 Å². The van der Waals surface area contributed by atoms with Crippen molar-refractivity contribution in [1.29, 1.82) is 0 Å². The maximum Gasteiger partial charge on any atom is 0.259 e. The second-order valence-electron chi connectivity index (χ2n) is 6.76. The molecule has 1 heterocycles. The Morgan fingerprint density at radius 3 is 2.36 bits per heavy atom. The molecule has 0 saturated carbocycles. The highest BCUT2D eigenvalue weighted by Gasteiger charge is 2.43. The standard InChI is InChI=1S/C19H25NO5/c1-4-10(2)9-11(3)16(22)14-18(24)15(20-19(14)25)17(23)12-5-7-13(21)8-6-12/h5-8,10-11,15,17,21-23H,4,9H2,1-3H3,(H,20,25)/b16-14-. The van der Waals surface area contributed by atoms with Gasteiger partial charge in [0.1, 0.15) is 29.2 Å². The number of hydrogen-bond acceptors (Lipinski definition) is 5. The molecule has 0 spiro atoms. The fourth-order valence-electron chi connectivity index (χ4n) is 3.00. The SMILES string of the molecule is CCC(C)CC(C)/C(O)=C1/C(=O)NC(C(O)c2ccc(O)cc2)C1=O. The van der Waals surface area contributed by atoms with E-state index < -0.39 is 23.8 Å². The normalized spacial score (nSPS) is 23.1. The average Bonchev–Trinajstić information content (AvgIpc) is 2.88. The van der Waals surface area contributed by atoms with Gasteiger partial charge in [0.15, 0.2) is 5.78 Å². The summed E-state index contributed by atoms with van der Waals surface area (Å²) in [5.74, 6) is -1.42. The Morgan fingerprint density at radius 1 is 1.20 bits per heavy atom. The van der Waals surface area contributed by atoms with Crippen LogP contribution in [0.25, 0.3) is 0 Å². The van der Waals surface area contributed by atoms with Crippen LogP contribution in [-0.4, -0.2) is 33.1 Å². The zero-order chi connectivity index (χ0) is 18.7. The van der Waals surface area contributed by atoms with Crippen molar-refractivity contribution in [3.63, 3.8) is 0 Å². The van der Waals surface area contributed by atoms with Gasteiger partial charge in [0, 0.05) is 5.92 Å². The first kappa shape index (κ1) is 19.0. The Balaban J connectivity index is 2.23. The van der Waals surface area contributed by atoms with Crippen molar-refractivity contribution in [2.24, 2.45) is 11.8 Å². The van der Waals surface area contributed by atoms with Gasteiger partial charge in [0.2, 0.25) is 0 Å². The molecule has 1 fully saturated rings. The van der Waals surface area contributed by atoms with Crippen LogP contribution in [0.3, 0.4) is 0 Å². The van der Waals surface area contributed by atoms with Crippen molar-refractivity contribution in [3.05, 3.63) is 41.2 Å². The second kappa shape index (κ2) is 7.70. The summed E-state index contributed by atoms with van der Waals surface area (Å²) in [4.78, 5) is 24.8. The van der Waals surface area contributed by atoms with Crippen LogP contribution in [0.1, 0.15) is 45.3 Å². The summed E-state index contributed by atoms with van der Waals surface area (Å²) in [6.07, 6.45) is 0.347. The molecule has 0 aliphatic carbocycles. The minimum atomic E-state index is -1.26. The van der Waals surface area contributed by atoms with E-state index in [0.717, 1.165) is 6.42 Å². The van der Waals surface area contributed by atoms with Gasteiger partial charge in [0.05, 0.1) is 0 Å².